The summed E-state index contributed by atoms with van der Waals surface area (Å²) >= 11 is 2.27. The van der Waals surface area contributed by atoms with E-state index >= 15 is 0 Å². The molecule has 0 heterocycles. The number of rotatable bonds is 3. The molecule has 0 unspecified atom stereocenters. The van der Waals surface area contributed by atoms with Crippen molar-refractivity contribution in [1.82, 2.24) is 0 Å². The van der Waals surface area contributed by atoms with Crippen molar-refractivity contribution in [3.05, 3.63) is 27.8 Å². The predicted molar refractivity (Wildman–Crippen MR) is 63.9 cm³/mol. The minimum absolute atomic E-state index is 0.563. The zero-order valence-corrected chi connectivity index (χ0v) is 10.00. The Balaban J connectivity index is 2.60. The first-order valence-corrected chi connectivity index (χ1v) is 5.28. The van der Waals surface area contributed by atoms with Gasteiger partial charge in [0.25, 0.3) is 0 Å². The van der Waals surface area contributed by atoms with Gasteiger partial charge in [0.1, 0.15) is 0 Å². The van der Waals surface area contributed by atoms with Crippen molar-refractivity contribution >= 4 is 28.3 Å². The van der Waals surface area contributed by atoms with Crippen LogP contribution >= 0.6 is 22.6 Å². The molecule has 0 saturated carbocycles. The number of aliphatic hydroxyl groups is 1. The van der Waals surface area contributed by atoms with Crippen molar-refractivity contribution in [3.63, 3.8) is 0 Å². The zero-order chi connectivity index (χ0) is 9.90. The molecule has 0 fully saturated rings. The molecular weight excluding hydrogens is 277 g/mol. The van der Waals surface area contributed by atoms with Crippen LogP contribution in [-0.4, -0.2) is 17.3 Å². The average Bonchev–Trinajstić information content (AvgIpc) is 2.01. The second-order valence-electron chi connectivity index (χ2n) is 3.65. The SMILES string of the molecule is CC(C)(O)CNc1ccccc1I. The summed E-state index contributed by atoms with van der Waals surface area (Å²) in [7, 11) is 0. The minimum atomic E-state index is -0.668. The molecule has 0 saturated heterocycles. The highest BCUT2D eigenvalue weighted by atomic mass is 127. The summed E-state index contributed by atoms with van der Waals surface area (Å²) in [6.07, 6.45) is 0. The van der Waals surface area contributed by atoms with Gasteiger partial charge in [0.15, 0.2) is 0 Å². The lowest BCUT2D eigenvalue weighted by atomic mass is 10.1. The van der Waals surface area contributed by atoms with Crippen molar-refractivity contribution in [3.8, 4) is 0 Å². The van der Waals surface area contributed by atoms with Crippen LogP contribution < -0.4 is 5.32 Å². The highest BCUT2D eigenvalue weighted by Gasteiger charge is 2.11. The van der Waals surface area contributed by atoms with E-state index in [1.54, 1.807) is 13.8 Å². The lowest BCUT2D eigenvalue weighted by molar-refractivity contribution is 0.0945. The van der Waals surface area contributed by atoms with Crippen molar-refractivity contribution in [2.45, 2.75) is 19.4 Å². The molecule has 3 heteroatoms. The maximum Gasteiger partial charge on any atom is 0.0763 e. The summed E-state index contributed by atoms with van der Waals surface area (Å²) < 4.78 is 1.17. The summed E-state index contributed by atoms with van der Waals surface area (Å²) in [6, 6.07) is 8.02. The van der Waals surface area contributed by atoms with E-state index < -0.39 is 5.60 Å². The van der Waals surface area contributed by atoms with Gasteiger partial charge in [-0.2, -0.15) is 0 Å². The molecule has 1 aromatic rings. The molecule has 1 rings (SSSR count). The Morgan fingerprint density at radius 3 is 2.54 bits per heavy atom. The lowest BCUT2D eigenvalue weighted by Gasteiger charge is -2.19. The third kappa shape index (κ3) is 3.95. The molecule has 72 valence electrons. The Labute approximate surface area is 92.5 Å². The Kier molecular flexibility index (Phi) is 3.55. The van der Waals surface area contributed by atoms with E-state index in [2.05, 4.69) is 27.9 Å². The number of hydrogen-bond donors (Lipinski definition) is 2. The number of benzene rings is 1. The highest BCUT2D eigenvalue weighted by molar-refractivity contribution is 14.1. The van der Waals surface area contributed by atoms with Crippen molar-refractivity contribution < 1.29 is 5.11 Å². The fraction of sp³-hybridized carbons (Fsp3) is 0.400. The van der Waals surface area contributed by atoms with Gasteiger partial charge in [0, 0.05) is 15.8 Å². The third-order valence-electron chi connectivity index (χ3n) is 1.59. The summed E-state index contributed by atoms with van der Waals surface area (Å²) in [5.74, 6) is 0. The van der Waals surface area contributed by atoms with Gasteiger partial charge in [0.05, 0.1) is 5.60 Å². The molecule has 0 aliphatic carbocycles. The predicted octanol–water partition coefficient (Wildman–Crippen LogP) is 2.47. The molecule has 1 aromatic carbocycles. The van der Waals surface area contributed by atoms with Gasteiger partial charge < -0.3 is 10.4 Å². The summed E-state index contributed by atoms with van der Waals surface area (Å²) in [5, 5.41) is 12.7. The maximum atomic E-state index is 9.50. The number of hydrogen-bond acceptors (Lipinski definition) is 2. The molecule has 0 amide bonds. The van der Waals surface area contributed by atoms with Gasteiger partial charge in [-0.05, 0) is 48.6 Å². The van der Waals surface area contributed by atoms with E-state index in [0.29, 0.717) is 6.54 Å². The van der Waals surface area contributed by atoms with Crippen LogP contribution in [0.2, 0.25) is 0 Å². The fourth-order valence-corrected chi connectivity index (χ4v) is 1.49. The van der Waals surface area contributed by atoms with E-state index in [-0.39, 0.29) is 0 Å². The first kappa shape index (κ1) is 10.8. The summed E-state index contributed by atoms with van der Waals surface area (Å²) in [5.41, 5.74) is 0.407. The molecule has 0 radical (unpaired) electrons. The molecule has 0 atom stereocenters. The Hall–Kier alpha value is -0.290. The maximum absolute atomic E-state index is 9.50. The first-order valence-electron chi connectivity index (χ1n) is 4.20. The lowest BCUT2D eigenvalue weighted by Crippen LogP contribution is -2.29. The molecule has 0 spiro atoms. The van der Waals surface area contributed by atoms with Gasteiger partial charge in [-0.25, -0.2) is 0 Å². The summed E-state index contributed by atoms with van der Waals surface area (Å²) in [6.45, 7) is 4.14. The van der Waals surface area contributed by atoms with Crippen LogP contribution in [0.3, 0.4) is 0 Å². The number of para-hydroxylation sites is 1. The van der Waals surface area contributed by atoms with E-state index in [1.807, 2.05) is 24.3 Å². The number of nitrogens with one attached hydrogen (secondary N) is 1. The monoisotopic (exact) mass is 291 g/mol. The van der Waals surface area contributed by atoms with Gasteiger partial charge in [0.2, 0.25) is 0 Å². The smallest absolute Gasteiger partial charge is 0.0763 e. The normalized spacial score (nSPS) is 11.4. The first-order chi connectivity index (χ1) is 5.99. The number of anilines is 1. The zero-order valence-electron chi connectivity index (χ0n) is 7.84. The molecule has 0 aromatic heterocycles. The molecule has 0 aliphatic heterocycles. The Bertz CT molecular complexity index is 280. The summed E-state index contributed by atoms with van der Waals surface area (Å²) in [4.78, 5) is 0. The molecule has 0 aliphatic rings. The quantitative estimate of drug-likeness (QED) is 0.839. The number of halogens is 1. The van der Waals surface area contributed by atoms with E-state index in [4.69, 9.17) is 0 Å². The van der Waals surface area contributed by atoms with Crippen LogP contribution in [0.25, 0.3) is 0 Å². The van der Waals surface area contributed by atoms with Crippen LogP contribution in [0.15, 0.2) is 24.3 Å². The second-order valence-corrected chi connectivity index (χ2v) is 4.81. The topological polar surface area (TPSA) is 32.3 Å². The molecule has 2 nitrogen and oxygen atoms in total. The Morgan fingerprint density at radius 1 is 1.38 bits per heavy atom. The van der Waals surface area contributed by atoms with Crippen LogP contribution in [0.5, 0.6) is 0 Å². The van der Waals surface area contributed by atoms with E-state index in [0.717, 1.165) is 5.69 Å². The van der Waals surface area contributed by atoms with Crippen LogP contribution in [0, 0.1) is 3.57 Å². The third-order valence-corrected chi connectivity index (χ3v) is 2.53. The molecule has 2 N–H and O–H groups in total. The standard InChI is InChI=1S/C10H14INO/c1-10(2,13)7-12-9-6-4-3-5-8(9)11/h3-6,12-13H,7H2,1-2H3. The van der Waals surface area contributed by atoms with Gasteiger partial charge in [-0.3, -0.25) is 0 Å². The van der Waals surface area contributed by atoms with E-state index in [9.17, 15) is 5.11 Å². The highest BCUT2D eigenvalue weighted by Crippen LogP contribution is 2.17. The molecule has 0 bridgehead atoms. The van der Waals surface area contributed by atoms with Gasteiger partial charge >= 0.3 is 0 Å². The molecule has 13 heavy (non-hydrogen) atoms. The van der Waals surface area contributed by atoms with Crippen molar-refractivity contribution in [2.24, 2.45) is 0 Å². The van der Waals surface area contributed by atoms with Crippen LogP contribution in [0.4, 0.5) is 5.69 Å². The van der Waals surface area contributed by atoms with Crippen molar-refractivity contribution in [2.75, 3.05) is 11.9 Å². The Morgan fingerprint density at radius 2 is 2.00 bits per heavy atom. The van der Waals surface area contributed by atoms with Crippen molar-refractivity contribution in [1.29, 1.82) is 0 Å². The van der Waals surface area contributed by atoms with Crippen LogP contribution in [0.1, 0.15) is 13.8 Å². The van der Waals surface area contributed by atoms with Gasteiger partial charge in [-0.15, -0.1) is 0 Å². The minimum Gasteiger partial charge on any atom is -0.389 e. The fourth-order valence-electron chi connectivity index (χ4n) is 0.916. The second kappa shape index (κ2) is 4.28. The largest absolute Gasteiger partial charge is 0.389 e. The molecular formula is C10H14INO. The van der Waals surface area contributed by atoms with E-state index in [1.165, 1.54) is 3.57 Å². The average molecular weight is 291 g/mol. The van der Waals surface area contributed by atoms with Crippen LogP contribution in [-0.2, 0) is 0 Å². The van der Waals surface area contributed by atoms with Gasteiger partial charge in [-0.1, -0.05) is 12.1 Å².